The summed E-state index contributed by atoms with van der Waals surface area (Å²) in [6.45, 7) is 0. The van der Waals surface area contributed by atoms with E-state index in [-0.39, 0.29) is 12.1 Å². The van der Waals surface area contributed by atoms with Crippen LogP contribution >= 0.6 is 11.6 Å². The molecule has 0 saturated carbocycles. The van der Waals surface area contributed by atoms with Gasteiger partial charge in [0, 0.05) is 30.3 Å². The van der Waals surface area contributed by atoms with Gasteiger partial charge in [0.15, 0.2) is 35.1 Å². The summed E-state index contributed by atoms with van der Waals surface area (Å²) in [6, 6.07) is 12.9. The van der Waals surface area contributed by atoms with E-state index in [0.29, 0.717) is 51.9 Å². The van der Waals surface area contributed by atoms with Gasteiger partial charge >= 0.3 is 0 Å². The van der Waals surface area contributed by atoms with Crippen LogP contribution in [0.4, 0.5) is 14.6 Å². The quantitative estimate of drug-likeness (QED) is 0.215. The van der Waals surface area contributed by atoms with Crippen LogP contribution in [-0.4, -0.2) is 46.6 Å². The second kappa shape index (κ2) is 10.8. The number of hydrogen-bond donors (Lipinski definition) is 3. The molecule has 1 aliphatic rings. The SMILES string of the molecule is Nc1ncccc1-c1nc2c(Cl)cc(-n3cccn3)nc2n1-c1ccc2c(c1)CC[C@@H]2NC(=O)c1cc(C=O)c(O)c(F)c1F. The predicted molar refractivity (Wildman–Crippen MR) is 161 cm³/mol. The monoisotopic (exact) mass is 626 g/mol. The van der Waals surface area contributed by atoms with Crippen LogP contribution in [0, 0.1) is 11.6 Å². The Hall–Kier alpha value is -5.69. The lowest BCUT2D eigenvalue weighted by molar-refractivity contribution is 0.0931. The Morgan fingerprint density at radius 1 is 1.11 bits per heavy atom. The molecule has 4 aromatic heterocycles. The topological polar surface area (TPSA) is 154 Å². The first-order chi connectivity index (χ1) is 21.7. The fraction of sp³-hybridized carbons (Fsp3) is 0.0968. The number of nitrogens with one attached hydrogen (secondary N) is 1. The molecule has 1 amide bonds. The summed E-state index contributed by atoms with van der Waals surface area (Å²) < 4.78 is 32.1. The molecule has 0 aliphatic heterocycles. The fourth-order valence-corrected chi connectivity index (χ4v) is 5.80. The lowest BCUT2D eigenvalue weighted by Crippen LogP contribution is -2.28. The third-order valence-electron chi connectivity index (χ3n) is 7.72. The number of nitrogen functional groups attached to an aromatic ring is 1. The van der Waals surface area contributed by atoms with Crippen LogP contribution in [0.5, 0.6) is 5.75 Å². The highest BCUT2D eigenvalue weighted by atomic mass is 35.5. The van der Waals surface area contributed by atoms with Crippen molar-refractivity contribution in [2.75, 3.05) is 5.73 Å². The number of anilines is 1. The Balaban J connectivity index is 1.31. The number of carbonyl (C=O) groups excluding carboxylic acids is 2. The van der Waals surface area contributed by atoms with E-state index in [9.17, 15) is 23.5 Å². The minimum absolute atomic E-state index is 0.147. The summed E-state index contributed by atoms with van der Waals surface area (Å²) in [5, 5.41) is 17.0. The molecule has 0 radical (unpaired) electrons. The fourth-order valence-electron chi connectivity index (χ4n) is 5.57. The molecule has 14 heteroatoms. The summed E-state index contributed by atoms with van der Waals surface area (Å²) in [4.78, 5) is 38.1. The number of amides is 1. The first-order valence-corrected chi connectivity index (χ1v) is 14.0. The van der Waals surface area contributed by atoms with Gasteiger partial charge in [0.25, 0.3) is 5.91 Å². The van der Waals surface area contributed by atoms with Crippen molar-refractivity contribution in [2.24, 2.45) is 0 Å². The number of hydrogen-bond acceptors (Lipinski definition) is 8. The van der Waals surface area contributed by atoms with E-state index < -0.39 is 40.5 Å². The molecule has 0 spiro atoms. The maximum absolute atomic E-state index is 14.5. The lowest BCUT2D eigenvalue weighted by Gasteiger charge is -2.16. The van der Waals surface area contributed by atoms with Gasteiger partial charge in [-0.2, -0.15) is 9.49 Å². The van der Waals surface area contributed by atoms with Crippen molar-refractivity contribution in [3.63, 3.8) is 0 Å². The number of nitrogens with two attached hydrogens (primary N) is 1. The van der Waals surface area contributed by atoms with E-state index in [2.05, 4.69) is 15.4 Å². The summed E-state index contributed by atoms with van der Waals surface area (Å²) in [5.41, 5.74) is 8.85. The van der Waals surface area contributed by atoms with Crippen LogP contribution in [0.25, 0.3) is 34.1 Å². The number of rotatable bonds is 6. The van der Waals surface area contributed by atoms with Gasteiger partial charge in [-0.05, 0) is 60.4 Å². The van der Waals surface area contributed by atoms with E-state index in [1.807, 2.05) is 22.8 Å². The van der Waals surface area contributed by atoms with Crippen molar-refractivity contribution in [1.29, 1.82) is 0 Å². The van der Waals surface area contributed by atoms with Gasteiger partial charge in [-0.3, -0.25) is 14.2 Å². The second-order valence-corrected chi connectivity index (χ2v) is 10.8. The van der Waals surface area contributed by atoms with Crippen molar-refractivity contribution >= 4 is 40.8 Å². The number of nitrogens with zero attached hydrogens (tertiary/aromatic N) is 6. The van der Waals surface area contributed by atoms with E-state index in [4.69, 9.17) is 27.3 Å². The van der Waals surface area contributed by atoms with Crippen molar-refractivity contribution in [2.45, 2.75) is 18.9 Å². The molecule has 7 rings (SSSR count). The molecule has 1 aliphatic carbocycles. The van der Waals surface area contributed by atoms with Gasteiger partial charge < -0.3 is 16.2 Å². The first kappa shape index (κ1) is 28.1. The summed E-state index contributed by atoms with van der Waals surface area (Å²) >= 11 is 6.71. The minimum atomic E-state index is -1.66. The average molecular weight is 627 g/mol. The molecule has 4 heterocycles. The molecule has 45 heavy (non-hydrogen) atoms. The zero-order valence-electron chi connectivity index (χ0n) is 23.1. The number of fused-ring (bicyclic) bond motifs is 2. The molecule has 1 atom stereocenters. The molecule has 224 valence electrons. The van der Waals surface area contributed by atoms with Gasteiger partial charge in [-0.15, -0.1) is 0 Å². The molecular weight excluding hydrogens is 606 g/mol. The highest BCUT2D eigenvalue weighted by Crippen LogP contribution is 2.37. The zero-order chi connectivity index (χ0) is 31.4. The number of phenols is 1. The number of benzene rings is 2. The van der Waals surface area contributed by atoms with Gasteiger partial charge in [0.05, 0.1) is 27.8 Å². The Bertz CT molecular complexity index is 2170. The lowest BCUT2D eigenvalue weighted by atomic mass is 10.0. The van der Waals surface area contributed by atoms with Crippen molar-refractivity contribution in [1.82, 2.24) is 34.6 Å². The normalized spacial score (nSPS) is 14.1. The molecule has 0 fully saturated rings. The smallest absolute Gasteiger partial charge is 0.254 e. The van der Waals surface area contributed by atoms with Crippen molar-refractivity contribution < 1.29 is 23.5 Å². The highest BCUT2D eigenvalue weighted by Gasteiger charge is 2.29. The largest absolute Gasteiger partial charge is 0.504 e. The Labute approximate surface area is 257 Å². The third-order valence-corrected chi connectivity index (χ3v) is 8.01. The van der Waals surface area contributed by atoms with Crippen LogP contribution in [0.3, 0.4) is 0 Å². The molecule has 4 N–H and O–H groups in total. The van der Waals surface area contributed by atoms with E-state index in [1.54, 1.807) is 47.5 Å². The number of imidazole rings is 1. The van der Waals surface area contributed by atoms with E-state index in [1.165, 1.54) is 0 Å². The Kier molecular flexibility index (Phi) is 6.74. The maximum atomic E-state index is 14.5. The summed E-state index contributed by atoms with van der Waals surface area (Å²) in [6.07, 6.45) is 6.14. The predicted octanol–water partition coefficient (Wildman–Crippen LogP) is 5.12. The van der Waals surface area contributed by atoms with Crippen molar-refractivity contribution in [3.05, 3.63) is 106 Å². The van der Waals surface area contributed by atoms with Crippen LogP contribution in [0.15, 0.2) is 67.1 Å². The zero-order valence-corrected chi connectivity index (χ0v) is 23.8. The summed E-state index contributed by atoms with van der Waals surface area (Å²) in [7, 11) is 0. The van der Waals surface area contributed by atoms with Gasteiger partial charge in [0.1, 0.15) is 11.3 Å². The standard InChI is InChI=1S/C31H21ClF2N8O3/c32-21-13-23(41-10-2-9-37-41)39-30-26(21)40-29(19-3-1-8-36-28(19)35)42(30)17-5-6-18-15(11-17)4-7-22(18)38-31(45)20-12-16(14-43)27(44)25(34)24(20)33/h1-3,5-6,8-14,22,44H,4,7H2,(H2,35,36)(H,38,45)/t22-/m0/s1. The molecule has 0 bridgehead atoms. The molecule has 6 aromatic rings. The molecule has 2 aromatic carbocycles. The van der Waals surface area contributed by atoms with Crippen LogP contribution < -0.4 is 11.1 Å². The summed E-state index contributed by atoms with van der Waals surface area (Å²) in [5.74, 6) is -4.08. The van der Waals surface area contributed by atoms with Gasteiger partial charge in [-0.1, -0.05) is 17.7 Å². The van der Waals surface area contributed by atoms with Gasteiger partial charge in [-0.25, -0.2) is 24.0 Å². The molecule has 0 unspecified atom stereocenters. The van der Waals surface area contributed by atoms with E-state index in [0.717, 1.165) is 17.2 Å². The van der Waals surface area contributed by atoms with E-state index >= 15 is 0 Å². The highest BCUT2D eigenvalue weighted by molar-refractivity contribution is 6.35. The number of carbonyl (C=O) groups is 2. The van der Waals surface area contributed by atoms with Crippen molar-refractivity contribution in [3.8, 4) is 28.6 Å². The number of halogens is 3. The number of aromatic hydroxyl groups is 1. The second-order valence-electron chi connectivity index (χ2n) is 10.3. The Morgan fingerprint density at radius 2 is 1.96 bits per heavy atom. The van der Waals surface area contributed by atoms with Gasteiger partial charge in [0.2, 0.25) is 5.82 Å². The molecular formula is C31H21ClF2N8O3. The maximum Gasteiger partial charge on any atom is 0.254 e. The average Bonchev–Trinajstić information content (AvgIpc) is 3.80. The first-order valence-electron chi connectivity index (χ1n) is 13.6. The number of phenolic OH excluding ortho intramolecular Hbond substituents is 1. The third kappa shape index (κ3) is 4.64. The number of aldehydes is 1. The number of pyridine rings is 2. The Morgan fingerprint density at radius 3 is 2.71 bits per heavy atom. The van der Waals surface area contributed by atoms with Crippen LogP contribution in [0.2, 0.25) is 5.02 Å². The molecule has 11 nitrogen and oxygen atoms in total. The van der Waals surface area contributed by atoms with Crippen LogP contribution in [0.1, 0.15) is 44.3 Å². The number of aryl methyl sites for hydroxylation is 1. The van der Waals surface area contributed by atoms with Crippen LogP contribution in [-0.2, 0) is 6.42 Å². The minimum Gasteiger partial charge on any atom is -0.504 e. The number of aromatic nitrogens is 6. The molecule has 0 saturated heterocycles.